The van der Waals surface area contributed by atoms with Crippen molar-refractivity contribution in [1.82, 2.24) is 9.47 Å². The van der Waals surface area contributed by atoms with Crippen molar-refractivity contribution < 1.29 is 19.8 Å². The molecule has 1 aromatic heterocycles. The summed E-state index contributed by atoms with van der Waals surface area (Å²) in [7, 11) is 4.17. The van der Waals surface area contributed by atoms with Gasteiger partial charge >= 0.3 is 11.9 Å². The summed E-state index contributed by atoms with van der Waals surface area (Å²) < 4.78 is 2.18. The summed E-state index contributed by atoms with van der Waals surface area (Å²) in [6.07, 6.45) is 5.29. The molecule has 0 unspecified atom stereocenters. The molecule has 1 rings (SSSR count). The van der Waals surface area contributed by atoms with Crippen LogP contribution in [0, 0.1) is 0 Å². The van der Waals surface area contributed by atoms with E-state index < -0.39 is 11.9 Å². The summed E-state index contributed by atoms with van der Waals surface area (Å²) >= 11 is 0. The van der Waals surface area contributed by atoms with Gasteiger partial charge in [0.2, 0.25) is 0 Å². The Morgan fingerprint density at radius 3 is 1.89 bits per heavy atom. The van der Waals surface area contributed by atoms with Crippen LogP contribution in [0.2, 0.25) is 0 Å². The highest BCUT2D eigenvalue weighted by Crippen LogP contribution is 1.89. The number of carboxylic acid groups (broad SMARTS) is 2. The van der Waals surface area contributed by atoms with Gasteiger partial charge in [-0.2, -0.15) is 0 Å². The molecule has 100 valence electrons. The van der Waals surface area contributed by atoms with Gasteiger partial charge in [-0.25, -0.2) is 9.59 Å². The molecule has 0 amide bonds. The molecule has 6 nitrogen and oxygen atoms in total. The third-order valence-corrected chi connectivity index (χ3v) is 1.84. The molecule has 2 N–H and O–H groups in total. The van der Waals surface area contributed by atoms with Crippen LogP contribution in [0.3, 0.4) is 0 Å². The zero-order valence-corrected chi connectivity index (χ0v) is 10.5. The minimum Gasteiger partial charge on any atom is -0.478 e. The normalized spacial score (nSPS) is 10.2. The van der Waals surface area contributed by atoms with Crippen molar-refractivity contribution in [1.29, 1.82) is 0 Å². The van der Waals surface area contributed by atoms with E-state index in [1.165, 1.54) is 0 Å². The molecule has 0 aliphatic carbocycles. The molecule has 0 radical (unpaired) electrons. The highest BCUT2D eigenvalue weighted by molar-refractivity contribution is 5.89. The van der Waals surface area contributed by atoms with Gasteiger partial charge in [0.15, 0.2) is 0 Å². The lowest BCUT2D eigenvalue weighted by atomic mass is 10.5. The van der Waals surface area contributed by atoms with Crippen molar-refractivity contribution in [2.24, 2.45) is 0 Å². The predicted octanol–water partition coefficient (Wildman–Crippen LogP) is 0.761. The van der Waals surface area contributed by atoms with E-state index in [-0.39, 0.29) is 0 Å². The zero-order chi connectivity index (χ0) is 14.0. The fraction of sp³-hybridized carbons (Fsp3) is 0.333. The van der Waals surface area contributed by atoms with Gasteiger partial charge in [-0.3, -0.25) is 0 Å². The van der Waals surface area contributed by atoms with Gasteiger partial charge < -0.3 is 19.7 Å². The van der Waals surface area contributed by atoms with Gasteiger partial charge in [0.1, 0.15) is 0 Å². The average molecular weight is 254 g/mol. The number of nitrogens with zero attached hydrogens (tertiary/aromatic N) is 2. The molecular formula is C12H18N2O4. The Labute approximate surface area is 106 Å². The molecule has 1 heterocycles. The highest BCUT2D eigenvalue weighted by atomic mass is 16.4. The first-order valence-electron chi connectivity index (χ1n) is 5.31. The van der Waals surface area contributed by atoms with Crippen LogP contribution in [0.5, 0.6) is 0 Å². The van der Waals surface area contributed by atoms with Crippen LogP contribution < -0.4 is 0 Å². The molecule has 0 bridgehead atoms. The van der Waals surface area contributed by atoms with E-state index in [9.17, 15) is 9.59 Å². The maximum atomic E-state index is 9.55. The van der Waals surface area contributed by atoms with E-state index in [1.54, 1.807) is 0 Å². The summed E-state index contributed by atoms with van der Waals surface area (Å²) in [5, 5.41) is 15.6. The smallest absolute Gasteiger partial charge is 0.328 e. The number of hydrogen-bond donors (Lipinski definition) is 2. The van der Waals surface area contributed by atoms with E-state index >= 15 is 0 Å². The molecule has 6 heteroatoms. The molecule has 0 saturated carbocycles. The van der Waals surface area contributed by atoms with Crippen LogP contribution in [0.4, 0.5) is 0 Å². The molecule has 0 aliphatic rings. The first kappa shape index (κ1) is 15.9. The number of likely N-dealkylation sites (N-methyl/N-ethyl adjacent to an activating group) is 1. The van der Waals surface area contributed by atoms with E-state index in [2.05, 4.69) is 48.1 Å². The Balaban J connectivity index is 0.000000331. The number of aromatic nitrogens is 1. The van der Waals surface area contributed by atoms with Gasteiger partial charge in [0, 0.05) is 37.6 Å². The minimum atomic E-state index is -1.26. The van der Waals surface area contributed by atoms with Crippen molar-refractivity contribution in [3.63, 3.8) is 0 Å². The first-order chi connectivity index (χ1) is 8.41. The topological polar surface area (TPSA) is 82.8 Å². The van der Waals surface area contributed by atoms with E-state index in [4.69, 9.17) is 10.2 Å². The lowest BCUT2D eigenvalue weighted by Gasteiger charge is -2.09. The van der Waals surface area contributed by atoms with Gasteiger partial charge in [-0.1, -0.05) is 0 Å². The third-order valence-electron chi connectivity index (χ3n) is 1.84. The fourth-order valence-electron chi connectivity index (χ4n) is 0.977. The van der Waals surface area contributed by atoms with Crippen LogP contribution in [0.15, 0.2) is 36.7 Å². The van der Waals surface area contributed by atoms with Crippen LogP contribution in [-0.4, -0.2) is 52.3 Å². The lowest BCUT2D eigenvalue weighted by molar-refractivity contribution is -0.134. The highest BCUT2D eigenvalue weighted by Gasteiger charge is 1.89. The molecular weight excluding hydrogens is 236 g/mol. The molecule has 0 aromatic carbocycles. The standard InChI is InChI=1S/C8H14N2.C4H4O4/c1-9(2)7-8-10-5-3-4-6-10;5-3(6)1-2-4(7)8/h3-6H,7-8H2,1-2H3;1-2H,(H,5,6)(H,7,8)/b;2-1+. The molecule has 0 spiro atoms. The Kier molecular flexibility index (Phi) is 7.96. The molecule has 1 aromatic rings. The Morgan fingerprint density at radius 1 is 1.11 bits per heavy atom. The Hall–Kier alpha value is -2.08. The third kappa shape index (κ3) is 10.4. The molecule has 0 atom stereocenters. The van der Waals surface area contributed by atoms with Gasteiger partial charge in [0.25, 0.3) is 0 Å². The zero-order valence-electron chi connectivity index (χ0n) is 10.5. The number of hydrogen-bond acceptors (Lipinski definition) is 3. The van der Waals surface area contributed by atoms with E-state index in [0.717, 1.165) is 13.1 Å². The second-order valence-electron chi connectivity index (χ2n) is 3.73. The summed E-state index contributed by atoms with van der Waals surface area (Å²) in [5.41, 5.74) is 0. The lowest BCUT2D eigenvalue weighted by Crippen LogP contribution is -2.17. The summed E-state index contributed by atoms with van der Waals surface area (Å²) in [4.78, 5) is 21.3. The quantitative estimate of drug-likeness (QED) is 0.758. The molecule has 0 fully saturated rings. The van der Waals surface area contributed by atoms with Gasteiger partial charge in [-0.15, -0.1) is 0 Å². The average Bonchev–Trinajstić information content (AvgIpc) is 2.77. The van der Waals surface area contributed by atoms with Crippen LogP contribution in [-0.2, 0) is 16.1 Å². The minimum absolute atomic E-state index is 0.558. The van der Waals surface area contributed by atoms with Crippen LogP contribution in [0.25, 0.3) is 0 Å². The van der Waals surface area contributed by atoms with Crippen molar-refractivity contribution in [3.05, 3.63) is 36.7 Å². The van der Waals surface area contributed by atoms with Gasteiger partial charge in [-0.05, 0) is 26.2 Å². The number of carboxylic acids is 2. The maximum Gasteiger partial charge on any atom is 0.328 e. The SMILES string of the molecule is CN(C)CCn1cccc1.O=C(O)/C=C/C(=O)O. The second kappa shape index (κ2) is 9.00. The van der Waals surface area contributed by atoms with Crippen LogP contribution >= 0.6 is 0 Å². The summed E-state index contributed by atoms with van der Waals surface area (Å²) in [5.74, 6) is -2.51. The monoisotopic (exact) mass is 254 g/mol. The fourth-order valence-corrected chi connectivity index (χ4v) is 0.977. The van der Waals surface area contributed by atoms with Crippen molar-refractivity contribution in [2.45, 2.75) is 6.54 Å². The number of carbonyl (C=O) groups is 2. The molecule has 0 saturated heterocycles. The largest absolute Gasteiger partial charge is 0.478 e. The second-order valence-corrected chi connectivity index (χ2v) is 3.73. The Bertz CT molecular complexity index is 367. The molecule has 18 heavy (non-hydrogen) atoms. The first-order valence-corrected chi connectivity index (χ1v) is 5.31. The predicted molar refractivity (Wildman–Crippen MR) is 67.4 cm³/mol. The van der Waals surface area contributed by atoms with E-state index in [0.29, 0.717) is 12.2 Å². The van der Waals surface area contributed by atoms with Crippen molar-refractivity contribution in [3.8, 4) is 0 Å². The van der Waals surface area contributed by atoms with Crippen molar-refractivity contribution in [2.75, 3.05) is 20.6 Å². The Morgan fingerprint density at radius 2 is 1.56 bits per heavy atom. The summed E-state index contributed by atoms with van der Waals surface area (Å²) in [6, 6.07) is 4.10. The van der Waals surface area contributed by atoms with Crippen molar-refractivity contribution >= 4 is 11.9 Å². The van der Waals surface area contributed by atoms with E-state index in [1.807, 2.05) is 0 Å². The maximum absolute atomic E-state index is 9.55. The number of aliphatic carboxylic acids is 2. The summed E-state index contributed by atoms with van der Waals surface area (Å²) in [6.45, 7) is 2.19. The number of rotatable bonds is 5. The van der Waals surface area contributed by atoms with Crippen LogP contribution in [0.1, 0.15) is 0 Å². The van der Waals surface area contributed by atoms with Gasteiger partial charge in [0.05, 0.1) is 0 Å². The molecule has 0 aliphatic heterocycles.